The van der Waals surface area contributed by atoms with Crippen molar-refractivity contribution >= 4 is 21.8 Å². The van der Waals surface area contributed by atoms with Crippen LogP contribution in [0.5, 0.6) is 5.75 Å². The minimum atomic E-state index is -0.190. The maximum absolute atomic E-state index is 12.7. The van der Waals surface area contributed by atoms with E-state index in [1.165, 1.54) is 0 Å². The Balaban J connectivity index is 1.58. The van der Waals surface area contributed by atoms with E-state index in [4.69, 9.17) is 4.74 Å². The summed E-state index contributed by atoms with van der Waals surface area (Å²) >= 11 is 3.57. The summed E-state index contributed by atoms with van der Waals surface area (Å²) in [5, 5.41) is 2.88. The van der Waals surface area contributed by atoms with Gasteiger partial charge in [-0.1, -0.05) is 0 Å². The number of H-pyrrole nitrogens is 1. The molecule has 6 heteroatoms. The molecule has 2 heterocycles. The summed E-state index contributed by atoms with van der Waals surface area (Å²) in [5.41, 5.74) is 3.66. The molecule has 0 radical (unpaired) electrons. The number of rotatable bonds is 3. The van der Waals surface area contributed by atoms with Crippen LogP contribution in [0.15, 0.2) is 27.5 Å². The monoisotopic (exact) mass is 430 g/mol. The predicted octanol–water partition coefficient (Wildman–Crippen LogP) is 4.10. The van der Waals surface area contributed by atoms with Crippen molar-refractivity contribution in [1.82, 2.24) is 10.3 Å². The molecule has 1 fully saturated rings. The van der Waals surface area contributed by atoms with Crippen molar-refractivity contribution in [3.63, 3.8) is 0 Å². The first-order valence-corrected chi connectivity index (χ1v) is 10.1. The summed E-state index contributed by atoms with van der Waals surface area (Å²) in [5.74, 6) is 1.01. The number of nitrogens with one attached hydrogen (secondary N) is 2. The molecule has 1 amide bonds. The Morgan fingerprint density at radius 1 is 1.37 bits per heavy atom. The number of hydrogen-bond acceptors (Lipinski definition) is 3. The predicted molar refractivity (Wildman–Crippen MR) is 107 cm³/mol. The first-order valence-electron chi connectivity index (χ1n) is 9.28. The second kappa shape index (κ2) is 6.51. The Morgan fingerprint density at radius 3 is 2.89 bits per heavy atom. The molecule has 1 aromatic heterocycles. The van der Waals surface area contributed by atoms with E-state index in [1.54, 1.807) is 6.07 Å². The number of aromatic nitrogens is 1. The maximum Gasteiger partial charge on any atom is 0.253 e. The molecule has 1 aromatic carbocycles. The first kappa shape index (κ1) is 18.3. The van der Waals surface area contributed by atoms with E-state index in [2.05, 4.69) is 33.2 Å². The van der Waals surface area contributed by atoms with Gasteiger partial charge in [-0.15, -0.1) is 0 Å². The van der Waals surface area contributed by atoms with Crippen molar-refractivity contribution in [3.05, 3.63) is 61.0 Å². The lowest BCUT2D eigenvalue weighted by atomic mass is 9.88. The van der Waals surface area contributed by atoms with Crippen molar-refractivity contribution in [2.45, 2.75) is 58.1 Å². The second-order valence-electron chi connectivity index (χ2n) is 7.86. The van der Waals surface area contributed by atoms with E-state index in [1.807, 2.05) is 26.0 Å². The summed E-state index contributed by atoms with van der Waals surface area (Å²) in [7, 11) is 0. The lowest BCUT2D eigenvalue weighted by Crippen LogP contribution is -2.29. The van der Waals surface area contributed by atoms with Gasteiger partial charge in [-0.25, -0.2) is 0 Å². The van der Waals surface area contributed by atoms with Gasteiger partial charge < -0.3 is 15.0 Å². The lowest BCUT2D eigenvalue weighted by Gasteiger charge is -2.23. The number of carbonyl (C=O) groups is 1. The van der Waals surface area contributed by atoms with E-state index in [9.17, 15) is 9.59 Å². The average Bonchev–Trinajstić information content (AvgIpc) is 3.08. The van der Waals surface area contributed by atoms with Gasteiger partial charge in [0.1, 0.15) is 11.4 Å². The Kier molecular flexibility index (Phi) is 4.41. The minimum Gasteiger partial charge on any atom is -0.485 e. The summed E-state index contributed by atoms with van der Waals surface area (Å²) in [6, 6.07) is 5.65. The molecule has 5 nitrogen and oxygen atoms in total. The van der Waals surface area contributed by atoms with Gasteiger partial charge in [0.2, 0.25) is 0 Å². The van der Waals surface area contributed by atoms with E-state index < -0.39 is 0 Å². The zero-order chi connectivity index (χ0) is 19.3. The first-order chi connectivity index (χ1) is 12.8. The summed E-state index contributed by atoms with van der Waals surface area (Å²) < 4.78 is 7.04. The van der Waals surface area contributed by atoms with E-state index in [0.29, 0.717) is 17.0 Å². The van der Waals surface area contributed by atoms with E-state index >= 15 is 0 Å². The number of hydrogen-bond donors (Lipinski definition) is 2. The highest BCUT2D eigenvalue weighted by Crippen LogP contribution is 2.55. The Hall–Kier alpha value is -2.08. The topological polar surface area (TPSA) is 71.2 Å². The maximum atomic E-state index is 12.7. The van der Waals surface area contributed by atoms with Crippen LogP contribution >= 0.6 is 15.9 Å². The summed E-state index contributed by atoms with van der Waals surface area (Å²) in [4.78, 5) is 27.7. The van der Waals surface area contributed by atoms with Crippen molar-refractivity contribution in [2.75, 3.05) is 0 Å². The van der Waals surface area contributed by atoms with Crippen LogP contribution in [0.25, 0.3) is 0 Å². The minimum absolute atomic E-state index is 0.155. The number of benzene rings is 1. The number of halogens is 1. The molecule has 1 aliphatic carbocycles. The van der Waals surface area contributed by atoms with Crippen LogP contribution in [0.3, 0.4) is 0 Å². The van der Waals surface area contributed by atoms with Gasteiger partial charge in [0.15, 0.2) is 0 Å². The van der Waals surface area contributed by atoms with Crippen molar-refractivity contribution in [2.24, 2.45) is 0 Å². The van der Waals surface area contributed by atoms with E-state index in [-0.39, 0.29) is 23.6 Å². The number of aryl methyl sites for hydroxylation is 2. The highest BCUT2D eigenvalue weighted by molar-refractivity contribution is 9.10. The average molecular weight is 431 g/mol. The standard InChI is InChI=1S/C21H23BrN2O3/c1-11-7-12(2)24-20(26)15(11)10-23-19(25)13-8-14-16-5-4-6-21(16,3)27-18(14)17(22)9-13/h7-9,16H,4-6,10H2,1-3H3,(H,23,25)(H,24,26)/t16-,21-/m1/s1. The molecule has 2 aromatic rings. The van der Waals surface area contributed by atoms with E-state index in [0.717, 1.165) is 46.3 Å². The molecule has 0 unspecified atom stereocenters. The fraction of sp³-hybridized carbons (Fsp3) is 0.429. The summed E-state index contributed by atoms with van der Waals surface area (Å²) in [6.45, 7) is 6.08. The molecule has 2 aliphatic rings. The fourth-order valence-corrected chi connectivity index (χ4v) is 5.02. The van der Waals surface area contributed by atoms with Crippen LogP contribution in [0.2, 0.25) is 0 Å². The molecule has 27 heavy (non-hydrogen) atoms. The number of aromatic amines is 1. The second-order valence-corrected chi connectivity index (χ2v) is 8.72. The van der Waals surface area contributed by atoms with Crippen molar-refractivity contribution in [1.29, 1.82) is 0 Å². The van der Waals surface area contributed by atoms with Crippen LogP contribution in [-0.2, 0) is 6.54 Å². The van der Waals surface area contributed by atoms with Crippen molar-refractivity contribution < 1.29 is 9.53 Å². The zero-order valence-corrected chi connectivity index (χ0v) is 17.3. The number of amides is 1. The van der Waals surface area contributed by atoms with Gasteiger partial charge in [0, 0.05) is 34.8 Å². The highest BCUT2D eigenvalue weighted by atomic mass is 79.9. The smallest absolute Gasteiger partial charge is 0.253 e. The van der Waals surface area contributed by atoms with Crippen LogP contribution in [-0.4, -0.2) is 16.5 Å². The molecule has 0 saturated heterocycles. The number of carbonyl (C=O) groups excluding carboxylic acids is 1. The van der Waals surface area contributed by atoms with Gasteiger partial charge in [-0.05, 0) is 79.7 Å². The Bertz CT molecular complexity index is 998. The Morgan fingerprint density at radius 2 is 2.15 bits per heavy atom. The zero-order valence-electron chi connectivity index (χ0n) is 15.7. The molecule has 2 N–H and O–H groups in total. The molecule has 0 spiro atoms. The van der Waals surface area contributed by atoms with Crippen LogP contribution in [0.1, 0.15) is 64.8 Å². The quantitative estimate of drug-likeness (QED) is 0.769. The van der Waals surface area contributed by atoms with Gasteiger partial charge in [0.05, 0.1) is 4.47 Å². The number of fused-ring (bicyclic) bond motifs is 3. The molecule has 0 bridgehead atoms. The molecule has 1 saturated carbocycles. The lowest BCUT2D eigenvalue weighted by molar-refractivity contribution is 0.0950. The number of ether oxygens (including phenoxy) is 1. The molecular weight excluding hydrogens is 408 g/mol. The molecular formula is C21H23BrN2O3. The molecule has 1 aliphatic heterocycles. The SMILES string of the molecule is Cc1cc(C)c(CNC(=O)c2cc(Br)c3c(c2)[C@H]2CCC[C@@]2(C)O3)c(=O)[nH]1. The molecule has 142 valence electrons. The van der Waals surface area contributed by atoms with Crippen LogP contribution in [0.4, 0.5) is 0 Å². The summed E-state index contributed by atoms with van der Waals surface area (Å²) in [6.07, 6.45) is 3.26. The number of pyridine rings is 1. The molecule has 2 atom stereocenters. The van der Waals surface area contributed by atoms with Gasteiger partial charge >= 0.3 is 0 Å². The van der Waals surface area contributed by atoms with Gasteiger partial charge in [-0.2, -0.15) is 0 Å². The molecule has 4 rings (SSSR count). The normalized spacial score (nSPS) is 22.9. The third kappa shape index (κ3) is 3.10. The Labute approximate surface area is 166 Å². The third-order valence-electron chi connectivity index (χ3n) is 5.87. The van der Waals surface area contributed by atoms with Gasteiger partial charge in [0.25, 0.3) is 11.5 Å². The third-order valence-corrected chi connectivity index (χ3v) is 6.46. The fourth-order valence-electron chi connectivity index (χ4n) is 4.46. The van der Waals surface area contributed by atoms with Crippen LogP contribution in [0, 0.1) is 13.8 Å². The van der Waals surface area contributed by atoms with Crippen molar-refractivity contribution in [3.8, 4) is 5.75 Å². The highest BCUT2D eigenvalue weighted by Gasteiger charge is 2.48. The largest absolute Gasteiger partial charge is 0.485 e. The van der Waals surface area contributed by atoms with Gasteiger partial charge in [-0.3, -0.25) is 9.59 Å². The van der Waals surface area contributed by atoms with Crippen LogP contribution < -0.4 is 15.6 Å².